The van der Waals surface area contributed by atoms with Gasteiger partial charge in [0.2, 0.25) is 0 Å². The molecule has 1 aliphatic heterocycles. The lowest BCUT2D eigenvalue weighted by Crippen LogP contribution is -2.23. The maximum absolute atomic E-state index is 12.0. The summed E-state index contributed by atoms with van der Waals surface area (Å²) < 4.78 is 4.93. The Labute approximate surface area is 128 Å². The van der Waals surface area contributed by atoms with Crippen LogP contribution in [0, 0.1) is 5.92 Å². The molecule has 2 heterocycles. The fourth-order valence-corrected chi connectivity index (χ4v) is 3.36. The summed E-state index contributed by atoms with van der Waals surface area (Å²) in [6, 6.07) is 9.90. The highest BCUT2D eigenvalue weighted by Gasteiger charge is 2.39. The fourth-order valence-electron chi connectivity index (χ4n) is 3.07. The maximum atomic E-state index is 12.0. The van der Waals surface area contributed by atoms with Crippen LogP contribution in [0.4, 0.5) is 0 Å². The maximum Gasteiger partial charge on any atom is 0.310 e. The number of carbonyl (C=O) groups is 1. The van der Waals surface area contributed by atoms with E-state index in [1.54, 1.807) is 0 Å². The first-order valence-corrected chi connectivity index (χ1v) is 7.29. The number of hydrogen-bond donors (Lipinski definition) is 0. The Morgan fingerprint density at radius 2 is 2.14 bits per heavy atom. The van der Waals surface area contributed by atoms with Gasteiger partial charge in [0.15, 0.2) is 0 Å². The Kier molecular flexibility index (Phi) is 3.83. The van der Waals surface area contributed by atoms with Gasteiger partial charge in [0.1, 0.15) is 5.15 Å². The summed E-state index contributed by atoms with van der Waals surface area (Å²) >= 11 is 6.36. The van der Waals surface area contributed by atoms with Crippen molar-refractivity contribution in [3.8, 4) is 0 Å². The number of ether oxygens (including phenoxy) is 1. The predicted octanol–water partition coefficient (Wildman–Crippen LogP) is 2.71. The predicted molar refractivity (Wildman–Crippen MR) is 82.5 cm³/mol. The largest absolute Gasteiger partial charge is 0.469 e. The number of esters is 1. The first-order chi connectivity index (χ1) is 10.1. The van der Waals surface area contributed by atoms with Crippen molar-refractivity contribution in [2.45, 2.75) is 5.92 Å². The lowest BCUT2D eigenvalue weighted by Gasteiger charge is -2.18. The monoisotopic (exact) mass is 304 g/mol. The molecule has 5 heteroatoms. The van der Waals surface area contributed by atoms with Crippen LogP contribution < -0.4 is 0 Å². The second kappa shape index (κ2) is 5.62. The number of methoxy groups -OCH3 is 1. The fraction of sp³-hybridized carbons (Fsp3) is 0.375. The number of benzene rings is 1. The second-order valence-corrected chi connectivity index (χ2v) is 5.88. The summed E-state index contributed by atoms with van der Waals surface area (Å²) in [5, 5.41) is 1.51. The van der Waals surface area contributed by atoms with Crippen LogP contribution in [0.1, 0.15) is 11.5 Å². The van der Waals surface area contributed by atoms with E-state index >= 15 is 0 Å². The van der Waals surface area contributed by atoms with E-state index in [4.69, 9.17) is 16.3 Å². The van der Waals surface area contributed by atoms with Gasteiger partial charge in [-0.15, -0.1) is 0 Å². The van der Waals surface area contributed by atoms with Crippen LogP contribution in [0.3, 0.4) is 0 Å². The first kappa shape index (κ1) is 14.3. The molecule has 0 N–H and O–H groups in total. The molecule has 1 saturated heterocycles. The Morgan fingerprint density at radius 3 is 2.90 bits per heavy atom. The van der Waals surface area contributed by atoms with E-state index in [9.17, 15) is 4.79 Å². The van der Waals surface area contributed by atoms with Gasteiger partial charge in [0.05, 0.1) is 18.5 Å². The van der Waals surface area contributed by atoms with Crippen LogP contribution in [0.5, 0.6) is 0 Å². The van der Waals surface area contributed by atoms with Gasteiger partial charge in [0, 0.05) is 24.4 Å². The van der Waals surface area contributed by atoms with Gasteiger partial charge in [-0.2, -0.15) is 0 Å². The number of pyridine rings is 1. The zero-order chi connectivity index (χ0) is 15.0. The van der Waals surface area contributed by atoms with Crippen LogP contribution in [0.15, 0.2) is 30.3 Å². The smallest absolute Gasteiger partial charge is 0.310 e. The Morgan fingerprint density at radius 1 is 1.38 bits per heavy atom. The summed E-state index contributed by atoms with van der Waals surface area (Å²) in [5.41, 5.74) is 1.79. The molecule has 0 saturated carbocycles. The molecule has 0 aliphatic carbocycles. The SMILES string of the molecule is COC(=O)[C@@H]1CN(C)C[C@H]1c1cc2ccccc2nc1Cl. The Hall–Kier alpha value is -1.65. The molecule has 1 aromatic heterocycles. The number of hydrogen-bond acceptors (Lipinski definition) is 4. The van der Waals surface area contributed by atoms with E-state index in [-0.39, 0.29) is 17.8 Å². The van der Waals surface area contributed by atoms with Gasteiger partial charge < -0.3 is 9.64 Å². The molecule has 1 fully saturated rings. The summed E-state index contributed by atoms with van der Waals surface area (Å²) in [6.45, 7) is 1.46. The standard InChI is InChI=1S/C16H17ClN2O2/c1-19-8-12(13(9-19)16(20)21-2)11-7-10-5-3-4-6-14(10)18-15(11)17/h3-7,12-13H,8-9H2,1-2H3/t12-,13+/m0/s1. The van der Waals surface area contributed by atoms with Crippen LogP contribution in [-0.4, -0.2) is 43.1 Å². The van der Waals surface area contributed by atoms with Gasteiger partial charge >= 0.3 is 5.97 Å². The molecule has 110 valence electrons. The molecule has 4 nitrogen and oxygen atoms in total. The molecule has 0 unspecified atom stereocenters. The van der Waals surface area contributed by atoms with E-state index in [2.05, 4.69) is 9.88 Å². The normalized spacial score (nSPS) is 22.6. The average Bonchev–Trinajstić information content (AvgIpc) is 2.87. The van der Waals surface area contributed by atoms with Crippen molar-refractivity contribution in [3.05, 3.63) is 41.0 Å². The van der Waals surface area contributed by atoms with Crippen molar-refractivity contribution >= 4 is 28.5 Å². The first-order valence-electron chi connectivity index (χ1n) is 6.91. The van der Waals surface area contributed by atoms with Gasteiger partial charge in [0.25, 0.3) is 0 Å². The van der Waals surface area contributed by atoms with E-state index in [1.165, 1.54) is 7.11 Å². The molecule has 0 spiro atoms. The van der Waals surface area contributed by atoms with E-state index in [0.29, 0.717) is 11.7 Å². The minimum absolute atomic E-state index is 0.0204. The third-order valence-corrected chi connectivity index (χ3v) is 4.41. The molecule has 1 aliphatic rings. The summed E-state index contributed by atoms with van der Waals surface area (Å²) in [5.74, 6) is -0.360. The molecule has 0 bridgehead atoms. The highest BCUT2D eigenvalue weighted by Crippen LogP contribution is 2.37. The molecule has 0 radical (unpaired) electrons. The molecule has 2 aromatic rings. The molecule has 2 atom stereocenters. The molecular weight excluding hydrogens is 288 g/mol. The number of nitrogens with zero attached hydrogens (tertiary/aromatic N) is 2. The quantitative estimate of drug-likeness (QED) is 0.632. The number of fused-ring (bicyclic) bond motifs is 1. The molecular formula is C16H17ClN2O2. The van der Waals surface area contributed by atoms with Gasteiger partial charge in [-0.3, -0.25) is 4.79 Å². The molecule has 1 aromatic carbocycles. The highest BCUT2D eigenvalue weighted by atomic mass is 35.5. The summed E-state index contributed by atoms with van der Waals surface area (Å²) in [7, 11) is 3.43. The summed E-state index contributed by atoms with van der Waals surface area (Å²) in [4.78, 5) is 18.6. The Balaban J connectivity index is 2.05. The number of carbonyl (C=O) groups excluding carboxylic acids is 1. The van der Waals surface area contributed by atoms with Crippen molar-refractivity contribution in [1.82, 2.24) is 9.88 Å². The van der Waals surface area contributed by atoms with Crippen molar-refractivity contribution in [2.24, 2.45) is 5.92 Å². The zero-order valence-electron chi connectivity index (χ0n) is 12.0. The minimum atomic E-state index is -0.194. The zero-order valence-corrected chi connectivity index (χ0v) is 12.8. The number of likely N-dealkylation sites (N-methyl/N-ethyl adjacent to an activating group) is 1. The highest BCUT2D eigenvalue weighted by molar-refractivity contribution is 6.30. The topological polar surface area (TPSA) is 42.4 Å². The van der Waals surface area contributed by atoms with Crippen molar-refractivity contribution in [3.63, 3.8) is 0 Å². The minimum Gasteiger partial charge on any atom is -0.469 e. The third-order valence-electron chi connectivity index (χ3n) is 4.11. The number of halogens is 1. The van der Waals surface area contributed by atoms with Gasteiger partial charge in [-0.1, -0.05) is 29.8 Å². The molecule has 21 heavy (non-hydrogen) atoms. The van der Waals surface area contributed by atoms with E-state index in [0.717, 1.165) is 23.0 Å². The van der Waals surface area contributed by atoms with Gasteiger partial charge in [-0.05, 0) is 24.7 Å². The lowest BCUT2D eigenvalue weighted by atomic mass is 9.89. The summed E-state index contributed by atoms with van der Waals surface area (Å²) in [6.07, 6.45) is 0. The lowest BCUT2D eigenvalue weighted by molar-refractivity contribution is -0.145. The van der Waals surface area contributed by atoms with Crippen LogP contribution in [0.25, 0.3) is 10.9 Å². The van der Waals surface area contributed by atoms with Crippen LogP contribution in [0.2, 0.25) is 5.15 Å². The average molecular weight is 305 g/mol. The number of rotatable bonds is 2. The third kappa shape index (κ3) is 2.61. The second-order valence-electron chi connectivity index (χ2n) is 5.52. The van der Waals surface area contributed by atoms with Crippen molar-refractivity contribution < 1.29 is 9.53 Å². The number of likely N-dealkylation sites (tertiary alicyclic amines) is 1. The van der Waals surface area contributed by atoms with Crippen LogP contribution in [-0.2, 0) is 9.53 Å². The van der Waals surface area contributed by atoms with Crippen LogP contribution >= 0.6 is 11.6 Å². The van der Waals surface area contributed by atoms with E-state index in [1.807, 2.05) is 37.4 Å². The number of aromatic nitrogens is 1. The molecule has 0 amide bonds. The van der Waals surface area contributed by atoms with Gasteiger partial charge in [-0.25, -0.2) is 4.98 Å². The molecule has 3 rings (SSSR count). The van der Waals surface area contributed by atoms with Crippen molar-refractivity contribution in [2.75, 3.05) is 27.2 Å². The van der Waals surface area contributed by atoms with E-state index < -0.39 is 0 Å². The number of para-hydroxylation sites is 1. The van der Waals surface area contributed by atoms with Crippen molar-refractivity contribution in [1.29, 1.82) is 0 Å². The Bertz CT molecular complexity index is 689.